The van der Waals surface area contributed by atoms with Crippen molar-refractivity contribution in [2.24, 2.45) is 0 Å². The van der Waals surface area contributed by atoms with Crippen LogP contribution in [0.2, 0.25) is 0 Å². The molecule has 5 heteroatoms. The van der Waals surface area contributed by atoms with Gasteiger partial charge in [0.1, 0.15) is 0 Å². The summed E-state index contributed by atoms with van der Waals surface area (Å²) in [6.45, 7) is 4.60. The average Bonchev–Trinajstić information content (AvgIpc) is 1.21. The molecule has 3 nitrogen and oxygen atoms in total. The predicted molar refractivity (Wildman–Crippen MR) is 32.0 cm³/mol. The first-order valence-corrected chi connectivity index (χ1v) is 4.43. The fraction of sp³-hybridized carbons (Fsp3) is 1.00. The van der Waals surface area contributed by atoms with Crippen LogP contribution in [0.1, 0.15) is 13.8 Å². The van der Waals surface area contributed by atoms with E-state index < -0.39 is 7.60 Å². The minimum Gasteiger partial charge on any atom is -0.324 e. The average molecular weight is 194 g/mol. The molecule has 0 aliphatic rings. The summed E-state index contributed by atoms with van der Waals surface area (Å²) in [5, 5.41) is 0. The van der Waals surface area contributed by atoms with Crippen molar-refractivity contribution in [1.29, 1.82) is 0 Å². The summed E-state index contributed by atoms with van der Waals surface area (Å²) in [6, 6.07) is 0. The number of hydrogen-bond acceptors (Lipinski definition) is 2. The zero-order chi connectivity index (χ0) is 6.78. The molecule has 0 bridgehead atoms. The topological polar surface area (TPSA) is 46.5 Å². The van der Waals surface area contributed by atoms with Crippen LogP contribution in [0.5, 0.6) is 0 Å². The Kier molecular flexibility index (Phi) is 6.15. The van der Waals surface area contributed by atoms with Gasteiger partial charge in [-0.15, -0.1) is 0 Å². The molecule has 0 amide bonds. The second kappa shape index (κ2) is 4.48. The van der Waals surface area contributed by atoms with E-state index in [0.29, 0.717) is 0 Å². The van der Waals surface area contributed by atoms with Gasteiger partial charge in [0.25, 0.3) is 0 Å². The van der Waals surface area contributed by atoms with Gasteiger partial charge >= 0.3 is 7.60 Å². The maximum atomic E-state index is 10.4. The van der Waals surface area contributed by atoms with Crippen LogP contribution in [0.25, 0.3) is 0 Å². The largest absolute Gasteiger partial charge is 0.325 e. The normalized spacial score (nSPS) is 16.6. The van der Waals surface area contributed by atoms with E-state index in [9.17, 15) is 4.57 Å². The Balaban J connectivity index is 0. The Morgan fingerprint density at radius 1 is 1.56 bits per heavy atom. The van der Waals surface area contributed by atoms with Crippen molar-refractivity contribution in [1.82, 2.24) is 0 Å². The molecule has 9 heavy (non-hydrogen) atoms. The van der Waals surface area contributed by atoms with Crippen molar-refractivity contribution in [2.75, 3.05) is 6.66 Å². The van der Waals surface area contributed by atoms with Crippen molar-refractivity contribution < 1.29 is 31.1 Å². The SMILES string of the molecule is CC(C)OP(C)(=O)O.[Fe]. The summed E-state index contributed by atoms with van der Waals surface area (Å²) in [5.74, 6) is 0. The van der Waals surface area contributed by atoms with Crippen molar-refractivity contribution in [3.63, 3.8) is 0 Å². The first-order chi connectivity index (χ1) is 3.42. The zero-order valence-corrected chi connectivity index (χ0v) is 7.64. The van der Waals surface area contributed by atoms with E-state index >= 15 is 0 Å². The van der Waals surface area contributed by atoms with Gasteiger partial charge in [0, 0.05) is 23.7 Å². The first kappa shape index (κ1) is 12.4. The molecule has 0 saturated heterocycles. The van der Waals surface area contributed by atoms with Crippen LogP contribution in [0.3, 0.4) is 0 Å². The molecule has 1 unspecified atom stereocenters. The Hall–Kier alpha value is 0.669. The fourth-order valence-electron chi connectivity index (χ4n) is 0.391. The van der Waals surface area contributed by atoms with E-state index in [1.54, 1.807) is 13.8 Å². The summed E-state index contributed by atoms with van der Waals surface area (Å²) in [5.41, 5.74) is 0. The van der Waals surface area contributed by atoms with Gasteiger partial charge in [-0.2, -0.15) is 0 Å². The molecule has 0 aromatic carbocycles. The van der Waals surface area contributed by atoms with E-state index in [1.165, 1.54) is 6.66 Å². The molecular formula is C4H11FeO3P. The Labute approximate surface area is 65.8 Å². The smallest absolute Gasteiger partial charge is 0.324 e. The van der Waals surface area contributed by atoms with E-state index in [-0.39, 0.29) is 23.2 Å². The standard InChI is InChI=1S/C4H11O3P.Fe/c1-4(2)7-8(3,5)6;/h4H,1-3H3,(H,5,6);. The van der Waals surface area contributed by atoms with Crippen molar-refractivity contribution in [2.45, 2.75) is 20.0 Å². The molecule has 0 heterocycles. The molecule has 0 radical (unpaired) electrons. The second-order valence-electron chi connectivity index (χ2n) is 1.96. The molecule has 1 atom stereocenters. The minimum atomic E-state index is -3.22. The van der Waals surface area contributed by atoms with Crippen LogP contribution in [-0.2, 0) is 26.2 Å². The molecule has 0 spiro atoms. The molecule has 58 valence electrons. The van der Waals surface area contributed by atoms with Crippen LogP contribution < -0.4 is 0 Å². The summed E-state index contributed by atoms with van der Waals surface area (Å²) < 4.78 is 14.9. The van der Waals surface area contributed by atoms with E-state index in [4.69, 9.17) is 4.89 Å². The second-order valence-corrected chi connectivity index (χ2v) is 3.77. The van der Waals surface area contributed by atoms with E-state index in [2.05, 4.69) is 4.52 Å². The van der Waals surface area contributed by atoms with E-state index in [0.717, 1.165) is 0 Å². The van der Waals surface area contributed by atoms with Gasteiger partial charge in [-0.1, -0.05) is 0 Å². The first-order valence-electron chi connectivity index (χ1n) is 2.40. The monoisotopic (exact) mass is 194 g/mol. The molecule has 0 aromatic rings. The molecule has 1 N–H and O–H groups in total. The van der Waals surface area contributed by atoms with Crippen molar-refractivity contribution >= 4 is 7.60 Å². The summed E-state index contributed by atoms with van der Waals surface area (Å²) in [6.07, 6.45) is -0.171. The third-order valence-electron chi connectivity index (χ3n) is 0.406. The molecule has 0 saturated carbocycles. The molecule has 0 aromatic heterocycles. The van der Waals surface area contributed by atoms with Gasteiger partial charge in [-0.05, 0) is 13.8 Å². The van der Waals surface area contributed by atoms with Gasteiger partial charge in [0.05, 0.1) is 6.10 Å². The molecule has 0 fully saturated rings. The van der Waals surface area contributed by atoms with Crippen LogP contribution >= 0.6 is 7.60 Å². The molecule has 0 aliphatic carbocycles. The number of rotatable bonds is 2. The van der Waals surface area contributed by atoms with Crippen LogP contribution in [0.4, 0.5) is 0 Å². The van der Waals surface area contributed by atoms with Gasteiger partial charge in [0.15, 0.2) is 0 Å². The summed E-state index contributed by atoms with van der Waals surface area (Å²) >= 11 is 0. The fourth-order valence-corrected chi connectivity index (χ4v) is 1.17. The third-order valence-corrected chi connectivity index (χ3v) is 1.22. The van der Waals surface area contributed by atoms with Crippen LogP contribution in [-0.4, -0.2) is 17.7 Å². The van der Waals surface area contributed by atoms with Gasteiger partial charge in [-0.25, -0.2) is 0 Å². The molecule has 0 rings (SSSR count). The third kappa shape index (κ3) is 12.0. The Morgan fingerprint density at radius 2 is 1.89 bits per heavy atom. The Morgan fingerprint density at radius 3 is 1.89 bits per heavy atom. The maximum Gasteiger partial charge on any atom is 0.325 e. The van der Waals surface area contributed by atoms with Crippen LogP contribution in [0.15, 0.2) is 0 Å². The van der Waals surface area contributed by atoms with E-state index in [1.807, 2.05) is 0 Å². The van der Waals surface area contributed by atoms with Gasteiger partial charge < -0.3 is 9.42 Å². The summed E-state index contributed by atoms with van der Waals surface area (Å²) in [7, 11) is -3.22. The van der Waals surface area contributed by atoms with Gasteiger partial charge in [-0.3, -0.25) is 4.57 Å². The molecular weight excluding hydrogens is 183 g/mol. The number of hydrogen-bond donors (Lipinski definition) is 1. The maximum absolute atomic E-state index is 10.4. The van der Waals surface area contributed by atoms with Crippen molar-refractivity contribution in [3.05, 3.63) is 0 Å². The minimum absolute atomic E-state index is 0. The predicted octanol–water partition coefficient (Wildman–Crippen LogP) is 1.22. The van der Waals surface area contributed by atoms with Gasteiger partial charge in [0.2, 0.25) is 0 Å². The zero-order valence-electron chi connectivity index (χ0n) is 5.64. The Bertz CT molecular complexity index is 108. The summed E-state index contributed by atoms with van der Waals surface area (Å²) in [4.78, 5) is 8.52. The van der Waals surface area contributed by atoms with Crippen molar-refractivity contribution in [3.8, 4) is 0 Å². The van der Waals surface area contributed by atoms with Crippen LogP contribution in [0, 0.1) is 0 Å². The molecule has 0 aliphatic heterocycles. The quantitative estimate of drug-likeness (QED) is 0.530.